The monoisotopic (exact) mass is 356 g/mol. The number of rotatable bonds is 5. The number of hydrogen-bond acceptors (Lipinski definition) is 5. The molecule has 1 aliphatic rings. The number of fused-ring (bicyclic) bond motifs is 1. The highest BCUT2D eigenvalue weighted by molar-refractivity contribution is 5.62. The lowest BCUT2D eigenvalue weighted by Gasteiger charge is -2.18. The summed E-state index contributed by atoms with van der Waals surface area (Å²) in [4.78, 5) is 0. The molecule has 0 bridgehead atoms. The SMILES string of the molecule is C/C=C/c1cc(OC)c2c(c1)[C@H](C)[C@@H](c1cc(OC)c(O)c(OC)c1)O2. The topological polar surface area (TPSA) is 57.2 Å². The van der Waals surface area contributed by atoms with Gasteiger partial charge in [0, 0.05) is 17.0 Å². The van der Waals surface area contributed by atoms with Crippen molar-refractivity contribution in [3.8, 4) is 28.7 Å². The number of methoxy groups -OCH3 is 3. The molecule has 0 amide bonds. The van der Waals surface area contributed by atoms with E-state index in [1.807, 2.05) is 25.1 Å². The third kappa shape index (κ3) is 2.94. The fourth-order valence-electron chi connectivity index (χ4n) is 3.38. The fourth-order valence-corrected chi connectivity index (χ4v) is 3.38. The van der Waals surface area contributed by atoms with E-state index in [9.17, 15) is 5.11 Å². The van der Waals surface area contributed by atoms with Crippen molar-refractivity contribution >= 4 is 6.08 Å². The number of ether oxygens (including phenoxy) is 4. The molecule has 2 atom stereocenters. The lowest BCUT2D eigenvalue weighted by molar-refractivity contribution is 0.207. The molecule has 0 aliphatic carbocycles. The van der Waals surface area contributed by atoms with Gasteiger partial charge in [0.2, 0.25) is 5.75 Å². The molecule has 0 saturated heterocycles. The highest BCUT2D eigenvalue weighted by Gasteiger charge is 2.36. The van der Waals surface area contributed by atoms with E-state index < -0.39 is 0 Å². The van der Waals surface area contributed by atoms with E-state index in [0.29, 0.717) is 17.2 Å². The smallest absolute Gasteiger partial charge is 0.200 e. The van der Waals surface area contributed by atoms with Crippen LogP contribution < -0.4 is 18.9 Å². The molecule has 1 N–H and O–H groups in total. The first-order chi connectivity index (χ1) is 12.5. The van der Waals surface area contributed by atoms with Crippen LogP contribution in [0.5, 0.6) is 28.7 Å². The predicted octanol–water partition coefficient (Wildman–Crippen LogP) is 4.69. The molecule has 0 spiro atoms. The quantitative estimate of drug-likeness (QED) is 0.842. The van der Waals surface area contributed by atoms with Gasteiger partial charge in [-0.15, -0.1) is 0 Å². The van der Waals surface area contributed by atoms with Gasteiger partial charge in [-0.1, -0.05) is 19.1 Å². The highest BCUT2D eigenvalue weighted by atomic mass is 16.5. The summed E-state index contributed by atoms with van der Waals surface area (Å²) in [5, 5.41) is 10.2. The molecule has 0 radical (unpaired) electrons. The molecular weight excluding hydrogens is 332 g/mol. The first kappa shape index (κ1) is 18.0. The predicted molar refractivity (Wildman–Crippen MR) is 101 cm³/mol. The first-order valence-electron chi connectivity index (χ1n) is 8.50. The standard InChI is InChI=1S/C21H24O5/c1-6-7-13-8-15-12(2)20(26-21(15)18(9-13)25-5)14-10-16(23-3)19(22)17(11-14)24-4/h6-12,20,22H,1-5H3/b7-6+/t12-,20-/m0/s1. The second-order valence-corrected chi connectivity index (χ2v) is 6.24. The zero-order chi connectivity index (χ0) is 18.8. The molecule has 0 fully saturated rings. The van der Waals surface area contributed by atoms with Crippen LogP contribution >= 0.6 is 0 Å². The van der Waals surface area contributed by atoms with Gasteiger partial charge in [-0.05, 0) is 36.8 Å². The highest BCUT2D eigenvalue weighted by Crippen LogP contribution is 2.52. The van der Waals surface area contributed by atoms with Crippen LogP contribution in [0.25, 0.3) is 6.08 Å². The Labute approximate surface area is 153 Å². The summed E-state index contributed by atoms with van der Waals surface area (Å²) in [6.45, 7) is 4.10. The summed E-state index contributed by atoms with van der Waals surface area (Å²) in [6.07, 6.45) is 3.80. The van der Waals surface area contributed by atoms with Crippen molar-refractivity contribution in [2.24, 2.45) is 0 Å². The van der Waals surface area contributed by atoms with Crippen molar-refractivity contribution in [1.29, 1.82) is 0 Å². The minimum Gasteiger partial charge on any atom is -0.502 e. The Bertz CT molecular complexity index is 816. The average Bonchev–Trinajstić information content (AvgIpc) is 2.98. The Morgan fingerprint density at radius 1 is 0.962 bits per heavy atom. The molecule has 3 rings (SSSR count). The fraction of sp³-hybridized carbons (Fsp3) is 0.333. The summed E-state index contributed by atoms with van der Waals surface area (Å²) in [5.41, 5.74) is 3.03. The van der Waals surface area contributed by atoms with Gasteiger partial charge in [0.25, 0.3) is 0 Å². The van der Waals surface area contributed by atoms with E-state index in [1.165, 1.54) is 14.2 Å². The third-order valence-electron chi connectivity index (χ3n) is 4.71. The number of phenols is 1. The molecule has 0 aromatic heterocycles. The van der Waals surface area contributed by atoms with E-state index in [-0.39, 0.29) is 17.8 Å². The number of allylic oxidation sites excluding steroid dienone is 1. The molecule has 0 unspecified atom stereocenters. The molecule has 26 heavy (non-hydrogen) atoms. The van der Waals surface area contributed by atoms with E-state index in [4.69, 9.17) is 18.9 Å². The second-order valence-electron chi connectivity index (χ2n) is 6.24. The van der Waals surface area contributed by atoms with Gasteiger partial charge in [0.15, 0.2) is 23.0 Å². The normalized spacial score (nSPS) is 18.5. The Morgan fingerprint density at radius 2 is 1.58 bits per heavy atom. The maximum Gasteiger partial charge on any atom is 0.200 e. The molecule has 138 valence electrons. The third-order valence-corrected chi connectivity index (χ3v) is 4.71. The molecule has 1 heterocycles. The van der Waals surface area contributed by atoms with Crippen molar-refractivity contribution in [3.05, 3.63) is 47.0 Å². The average molecular weight is 356 g/mol. The number of phenolic OH excluding ortho intramolecular Hbond substituents is 1. The molecular formula is C21H24O5. The van der Waals surface area contributed by atoms with Crippen molar-refractivity contribution in [2.45, 2.75) is 25.9 Å². The molecule has 5 nitrogen and oxygen atoms in total. The van der Waals surface area contributed by atoms with Gasteiger partial charge in [-0.3, -0.25) is 0 Å². The van der Waals surface area contributed by atoms with Crippen molar-refractivity contribution in [3.63, 3.8) is 0 Å². The van der Waals surface area contributed by atoms with Crippen molar-refractivity contribution in [1.82, 2.24) is 0 Å². The lowest BCUT2D eigenvalue weighted by Crippen LogP contribution is -2.08. The maximum absolute atomic E-state index is 10.2. The van der Waals surface area contributed by atoms with Gasteiger partial charge in [0.05, 0.1) is 21.3 Å². The van der Waals surface area contributed by atoms with Crippen LogP contribution in [0, 0.1) is 0 Å². The van der Waals surface area contributed by atoms with Crippen molar-refractivity contribution < 1.29 is 24.1 Å². The summed E-state index contributed by atoms with van der Waals surface area (Å²) in [6, 6.07) is 7.65. The summed E-state index contributed by atoms with van der Waals surface area (Å²) >= 11 is 0. The first-order valence-corrected chi connectivity index (χ1v) is 8.50. The van der Waals surface area contributed by atoms with Gasteiger partial charge >= 0.3 is 0 Å². The zero-order valence-electron chi connectivity index (χ0n) is 15.7. The lowest BCUT2D eigenvalue weighted by atomic mass is 9.91. The number of aromatic hydroxyl groups is 1. The van der Waals surface area contributed by atoms with Crippen LogP contribution in [0.1, 0.15) is 42.6 Å². The Morgan fingerprint density at radius 3 is 2.12 bits per heavy atom. The second kappa shape index (κ2) is 7.20. The van der Waals surface area contributed by atoms with Crippen molar-refractivity contribution in [2.75, 3.05) is 21.3 Å². The van der Waals surface area contributed by atoms with Crippen LogP contribution in [0.2, 0.25) is 0 Å². The van der Waals surface area contributed by atoms with Crippen LogP contribution in [0.4, 0.5) is 0 Å². The van der Waals surface area contributed by atoms with Crippen LogP contribution in [0.15, 0.2) is 30.3 Å². The summed E-state index contributed by atoms with van der Waals surface area (Å²) in [7, 11) is 4.67. The van der Waals surface area contributed by atoms with Gasteiger partial charge < -0.3 is 24.1 Å². The summed E-state index contributed by atoms with van der Waals surface area (Å²) < 4.78 is 22.3. The van der Waals surface area contributed by atoms with E-state index in [1.54, 1.807) is 19.2 Å². The molecule has 2 aromatic rings. The molecule has 2 aromatic carbocycles. The molecule has 5 heteroatoms. The Hall–Kier alpha value is -2.82. The van der Waals surface area contributed by atoms with E-state index in [2.05, 4.69) is 13.0 Å². The van der Waals surface area contributed by atoms with Crippen LogP contribution in [0.3, 0.4) is 0 Å². The largest absolute Gasteiger partial charge is 0.502 e. The Kier molecular flexibility index (Phi) is 4.98. The molecule has 1 aliphatic heterocycles. The number of hydrogen-bond donors (Lipinski definition) is 1. The minimum atomic E-state index is -0.233. The van der Waals surface area contributed by atoms with Gasteiger partial charge in [-0.25, -0.2) is 0 Å². The number of benzene rings is 2. The van der Waals surface area contributed by atoms with Crippen LogP contribution in [-0.4, -0.2) is 26.4 Å². The minimum absolute atomic E-state index is 0.0186. The van der Waals surface area contributed by atoms with E-state index >= 15 is 0 Å². The molecule has 0 saturated carbocycles. The van der Waals surface area contributed by atoms with Gasteiger partial charge in [-0.2, -0.15) is 0 Å². The van der Waals surface area contributed by atoms with Crippen LogP contribution in [-0.2, 0) is 0 Å². The zero-order valence-corrected chi connectivity index (χ0v) is 15.7. The van der Waals surface area contributed by atoms with Gasteiger partial charge in [0.1, 0.15) is 6.10 Å². The maximum atomic E-state index is 10.2. The Balaban J connectivity index is 2.07. The van der Waals surface area contributed by atoms with E-state index in [0.717, 1.165) is 22.4 Å². The summed E-state index contributed by atoms with van der Waals surface area (Å²) in [5.74, 6) is 2.25.